The minimum absolute atomic E-state index is 0.126. The van der Waals surface area contributed by atoms with Gasteiger partial charge in [0.15, 0.2) is 0 Å². The number of nitrogens with zero attached hydrogens (tertiary/aromatic N) is 3. The highest BCUT2D eigenvalue weighted by Gasteiger charge is 2.46. The number of carbonyl (C=O) groups is 4. The third-order valence-corrected chi connectivity index (χ3v) is 8.42. The SMILES string of the molecule is CC1CN(c2ccc3c(c2)C(=O)N(C2CCC(=O)NC2=O)C3=O)CCC1CN1CC2CC2C1. The second-order valence-corrected chi connectivity index (χ2v) is 10.6. The Kier molecular flexibility index (Phi) is 4.83. The maximum Gasteiger partial charge on any atom is 0.262 e. The largest absolute Gasteiger partial charge is 0.371 e. The highest BCUT2D eigenvalue weighted by molar-refractivity contribution is 6.23. The van der Waals surface area contributed by atoms with Gasteiger partial charge in [-0.2, -0.15) is 0 Å². The zero-order valence-corrected chi connectivity index (χ0v) is 19.0. The van der Waals surface area contributed by atoms with Gasteiger partial charge in [-0.3, -0.25) is 29.4 Å². The molecule has 1 N–H and O–H groups in total. The van der Waals surface area contributed by atoms with Gasteiger partial charge in [-0.05, 0) is 61.1 Å². The summed E-state index contributed by atoms with van der Waals surface area (Å²) in [6, 6.07) is 4.51. The zero-order valence-electron chi connectivity index (χ0n) is 19.0. The number of hydrogen-bond acceptors (Lipinski definition) is 6. The molecule has 0 bridgehead atoms. The van der Waals surface area contributed by atoms with Crippen LogP contribution in [-0.2, 0) is 9.59 Å². The highest BCUT2D eigenvalue weighted by Crippen LogP contribution is 2.45. The van der Waals surface area contributed by atoms with E-state index in [1.807, 2.05) is 12.1 Å². The molecule has 1 saturated carbocycles. The molecule has 3 saturated heterocycles. The number of piperidine rings is 3. The smallest absolute Gasteiger partial charge is 0.262 e. The monoisotopic (exact) mass is 450 g/mol. The van der Waals surface area contributed by atoms with E-state index < -0.39 is 23.8 Å². The van der Waals surface area contributed by atoms with Crippen LogP contribution in [-0.4, -0.2) is 72.2 Å². The van der Waals surface area contributed by atoms with Crippen LogP contribution in [0.1, 0.15) is 53.3 Å². The topological polar surface area (TPSA) is 90.0 Å². The zero-order chi connectivity index (χ0) is 22.9. The summed E-state index contributed by atoms with van der Waals surface area (Å²) in [5, 5.41) is 2.24. The van der Waals surface area contributed by atoms with Gasteiger partial charge in [0, 0.05) is 44.8 Å². The Labute approximate surface area is 193 Å². The summed E-state index contributed by atoms with van der Waals surface area (Å²) in [6.07, 6.45) is 2.86. The van der Waals surface area contributed by atoms with E-state index in [0.717, 1.165) is 41.9 Å². The first kappa shape index (κ1) is 20.8. The first-order chi connectivity index (χ1) is 15.9. The van der Waals surface area contributed by atoms with Crippen molar-refractivity contribution in [3.8, 4) is 0 Å². The Morgan fingerprint density at radius 3 is 2.45 bits per heavy atom. The number of benzene rings is 1. The first-order valence-corrected chi connectivity index (χ1v) is 12.2. The second-order valence-electron chi connectivity index (χ2n) is 10.6. The lowest BCUT2D eigenvalue weighted by molar-refractivity contribution is -0.136. The van der Waals surface area contributed by atoms with E-state index in [0.29, 0.717) is 23.0 Å². The number of rotatable bonds is 4. The van der Waals surface area contributed by atoms with Crippen molar-refractivity contribution >= 4 is 29.3 Å². The van der Waals surface area contributed by atoms with Crippen LogP contribution in [0.2, 0.25) is 0 Å². The van der Waals surface area contributed by atoms with Gasteiger partial charge >= 0.3 is 0 Å². The minimum Gasteiger partial charge on any atom is -0.371 e. The fraction of sp³-hybridized carbons (Fsp3) is 0.600. The Balaban J connectivity index is 1.14. The molecule has 5 unspecified atom stereocenters. The molecule has 0 aromatic heterocycles. The van der Waals surface area contributed by atoms with E-state index in [4.69, 9.17) is 0 Å². The van der Waals surface area contributed by atoms with E-state index in [1.165, 1.54) is 26.1 Å². The van der Waals surface area contributed by atoms with Gasteiger partial charge in [-0.15, -0.1) is 0 Å². The summed E-state index contributed by atoms with van der Waals surface area (Å²) in [4.78, 5) is 55.8. The van der Waals surface area contributed by atoms with Gasteiger partial charge in [0.1, 0.15) is 6.04 Å². The van der Waals surface area contributed by atoms with Gasteiger partial charge in [0.2, 0.25) is 11.8 Å². The average Bonchev–Trinajstić information content (AvgIpc) is 3.32. The first-order valence-electron chi connectivity index (χ1n) is 12.2. The standard InChI is InChI=1S/C25H30N4O4/c1-14-10-28(7-6-15(14)11-27-12-16-8-17(16)13-27)18-2-3-19-20(9-18)25(33)29(24(19)32)21-4-5-22(30)26-23(21)31/h2-3,9,14-17,21H,4-8,10-13H2,1H3,(H,26,30,31). The van der Waals surface area contributed by atoms with Gasteiger partial charge in [-0.25, -0.2) is 0 Å². The summed E-state index contributed by atoms with van der Waals surface area (Å²) in [5.74, 6) is 1.34. The van der Waals surface area contributed by atoms with Crippen LogP contribution < -0.4 is 10.2 Å². The van der Waals surface area contributed by atoms with Crippen LogP contribution >= 0.6 is 0 Å². The highest BCUT2D eigenvalue weighted by atomic mass is 16.2. The summed E-state index contributed by atoms with van der Waals surface area (Å²) in [7, 11) is 0. The van der Waals surface area contributed by atoms with Gasteiger partial charge in [0.05, 0.1) is 11.1 Å². The van der Waals surface area contributed by atoms with Crippen molar-refractivity contribution in [2.75, 3.05) is 37.6 Å². The molecule has 8 nitrogen and oxygen atoms in total. The molecule has 4 amide bonds. The number of hydrogen-bond donors (Lipinski definition) is 1. The summed E-state index contributed by atoms with van der Waals surface area (Å²) >= 11 is 0. The molecule has 0 spiro atoms. The number of fused-ring (bicyclic) bond motifs is 2. The quantitative estimate of drug-likeness (QED) is 0.700. The Morgan fingerprint density at radius 1 is 0.970 bits per heavy atom. The summed E-state index contributed by atoms with van der Waals surface area (Å²) in [5.41, 5.74) is 1.64. The van der Waals surface area contributed by atoms with E-state index in [1.54, 1.807) is 6.07 Å². The number of carbonyl (C=O) groups excluding carboxylic acids is 4. The third kappa shape index (κ3) is 3.55. The Bertz CT molecular complexity index is 1040. The van der Waals surface area contributed by atoms with Crippen molar-refractivity contribution in [3.63, 3.8) is 0 Å². The molecule has 0 radical (unpaired) electrons. The molecular weight excluding hydrogens is 420 g/mol. The van der Waals surface area contributed by atoms with Crippen LogP contribution in [0.4, 0.5) is 5.69 Å². The number of nitrogens with one attached hydrogen (secondary N) is 1. The predicted molar refractivity (Wildman–Crippen MR) is 121 cm³/mol. The number of anilines is 1. The van der Waals surface area contributed by atoms with Crippen molar-refractivity contribution in [1.82, 2.24) is 15.1 Å². The molecule has 1 aromatic carbocycles. The van der Waals surface area contributed by atoms with Crippen molar-refractivity contribution in [2.24, 2.45) is 23.7 Å². The fourth-order valence-electron chi connectivity index (χ4n) is 6.33. The van der Waals surface area contributed by atoms with Crippen molar-refractivity contribution < 1.29 is 19.2 Å². The van der Waals surface area contributed by atoms with Crippen LogP contribution in [0.25, 0.3) is 0 Å². The summed E-state index contributed by atoms with van der Waals surface area (Å²) < 4.78 is 0. The molecule has 5 atom stereocenters. The van der Waals surface area contributed by atoms with Crippen molar-refractivity contribution in [1.29, 1.82) is 0 Å². The molecular formula is C25H30N4O4. The molecule has 6 rings (SSSR count). The maximum atomic E-state index is 13.1. The van der Waals surface area contributed by atoms with E-state index >= 15 is 0 Å². The molecule has 4 fully saturated rings. The summed E-state index contributed by atoms with van der Waals surface area (Å²) in [6.45, 7) is 7.95. The second kappa shape index (κ2) is 7.65. The maximum absolute atomic E-state index is 13.1. The molecule has 8 heteroatoms. The molecule has 1 aromatic rings. The van der Waals surface area contributed by atoms with Crippen LogP contribution in [0.15, 0.2) is 18.2 Å². The van der Waals surface area contributed by atoms with Gasteiger partial charge in [-0.1, -0.05) is 6.92 Å². The van der Waals surface area contributed by atoms with E-state index in [9.17, 15) is 19.2 Å². The Hall–Kier alpha value is -2.74. The van der Waals surface area contributed by atoms with Crippen LogP contribution in [0.5, 0.6) is 0 Å². The number of amides is 4. The number of imide groups is 2. The lowest BCUT2D eigenvalue weighted by Crippen LogP contribution is -2.54. The third-order valence-electron chi connectivity index (χ3n) is 8.42. The van der Waals surface area contributed by atoms with Crippen molar-refractivity contribution in [2.45, 2.75) is 38.6 Å². The predicted octanol–water partition coefficient (Wildman–Crippen LogP) is 1.50. The molecule has 33 heavy (non-hydrogen) atoms. The van der Waals surface area contributed by atoms with Gasteiger partial charge in [0.25, 0.3) is 11.8 Å². The van der Waals surface area contributed by atoms with E-state index in [-0.39, 0.29) is 18.7 Å². The molecule has 1 aliphatic carbocycles. The molecule has 4 aliphatic heterocycles. The Morgan fingerprint density at radius 2 is 1.73 bits per heavy atom. The molecule has 174 valence electrons. The van der Waals surface area contributed by atoms with Gasteiger partial charge < -0.3 is 9.80 Å². The fourth-order valence-corrected chi connectivity index (χ4v) is 6.33. The molecule has 4 heterocycles. The van der Waals surface area contributed by atoms with Crippen molar-refractivity contribution in [3.05, 3.63) is 29.3 Å². The van der Waals surface area contributed by atoms with Crippen LogP contribution in [0, 0.1) is 23.7 Å². The normalized spacial score (nSPS) is 33.9. The average molecular weight is 451 g/mol. The number of likely N-dealkylation sites (tertiary alicyclic amines) is 1. The minimum atomic E-state index is -0.925. The lowest BCUT2D eigenvalue weighted by Gasteiger charge is -2.40. The lowest BCUT2D eigenvalue weighted by atomic mass is 9.86. The van der Waals surface area contributed by atoms with Crippen LogP contribution in [0.3, 0.4) is 0 Å². The molecule has 5 aliphatic rings. The van der Waals surface area contributed by atoms with E-state index in [2.05, 4.69) is 22.0 Å².